The maximum absolute atomic E-state index is 11.0. The van der Waals surface area contributed by atoms with E-state index in [9.17, 15) is 5.11 Å². The lowest BCUT2D eigenvalue weighted by Gasteiger charge is -2.37. The molecule has 0 spiro atoms. The van der Waals surface area contributed by atoms with Crippen molar-refractivity contribution in [2.24, 2.45) is 0 Å². The average Bonchev–Trinajstić information content (AvgIpc) is 2.70. The zero-order valence-corrected chi connectivity index (χ0v) is 18.0. The van der Waals surface area contributed by atoms with Crippen LogP contribution in [-0.4, -0.2) is 31.3 Å². The summed E-state index contributed by atoms with van der Waals surface area (Å²) in [5.41, 5.74) is 3.57. The quantitative estimate of drug-likeness (QED) is 0.502. The van der Waals surface area contributed by atoms with Gasteiger partial charge >= 0.3 is 0 Å². The first kappa shape index (κ1) is 22.4. The van der Waals surface area contributed by atoms with Crippen LogP contribution in [0.3, 0.4) is 0 Å². The van der Waals surface area contributed by atoms with E-state index in [0.717, 1.165) is 5.56 Å². The lowest BCUT2D eigenvalue weighted by atomic mass is 10.0. The molecule has 0 unspecified atom stereocenters. The molecule has 3 radical (unpaired) electrons. The zero-order valence-electron chi connectivity index (χ0n) is 17.1. The summed E-state index contributed by atoms with van der Waals surface area (Å²) in [6, 6.07) is 27.1. The molecule has 0 bridgehead atoms. The molecular weight excluding hydrogens is 360 g/mol. The Hall–Kier alpha value is -1.93. The molecule has 3 aromatic rings. The Morgan fingerprint density at radius 1 is 0.786 bits per heavy atom. The lowest BCUT2D eigenvalue weighted by molar-refractivity contribution is 0.111. The van der Waals surface area contributed by atoms with Gasteiger partial charge in [0.15, 0.2) is 0 Å². The number of hydrogen-bond acceptors (Lipinski definition) is 2. The van der Waals surface area contributed by atoms with E-state index in [0.29, 0.717) is 0 Å². The van der Waals surface area contributed by atoms with Crippen molar-refractivity contribution in [1.29, 1.82) is 0 Å². The Balaban J connectivity index is 0.00000280. The molecule has 0 aliphatic rings. The Bertz CT molecular complexity index is 852. The van der Waals surface area contributed by atoms with Crippen molar-refractivity contribution in [2.45, 2.75) is 32.9 Å². The van der Waals surface area contributed by atoms with Gasteiger partial charge in [0.05, 0.1) is 6.10 Å². The first-order valence-electron chi connectivity index (χ1n) is 9.38. The Kier molecular flexibility index (Phi) is 8.01. The van der Waals surface area contributed by atoms with Crippen LogP contribution in [-0.2, 0) is 0 Å². The number of hydrogen-bond donors (Lipinski definition) is 1. The smallest absolute Gasteiger partial charge is 0.0945 e. The van der Waals surface area contributed by atoms with Crippen LogP contribution in [0.4, 0.5) is 0 Å². The van der Waals surface area contributed by atoms with E-state index in [4.69, 9.17) is 0 Å². The normalized spacial score (nSPS) is 14.2. The van der Waals surface area contributed by atoms with Crippen molar-refractivity contribution < 1.29 is 5.11 Å². The first-order chi connectivity index (χ1) is 13.0. The minimum absolute atomic E-state index is 0. The molecular formula is C24H28BNOP. The Morgan fingerprint density at radius 2 is 1.29 bits per heavy atom. The molecule has 28 heavy (non-hydrogen) atoms. The van der Waals surface area contributed by atoms with Gasteiger partial charge in [-0.15, -0.1) is 0 Å². The van der Waals surface area contributed by atoms with Crippen LogP contribution in [0.2, 0.25) is 0 Å². The predicted octanol–water partition coefficient (Wildman–Crippen LogP) is 4.32. The second-order valence-electron chi connectivity index (χ2n) is 7.06. The van der Waals surface area contributed by atoms with Crippen LogP contribution >= 0.6 is 8.07 Å². The minimum atomic E-state index is -0.743. The highest BCUT2D eigenvalue weighted by Gasteiger charge is 2.30. The van der Waals surface area contributed by atoms with Crippen molar-refractivity contribution in [3.05, 3.63) is 95.6 Å². The van der Waals surface area contributed by atoms with E-state index >= 15 is 0 Å². The topological polar surface area (TPSA) is 23.5 Å². The molecule has 0 amide bonds. The van der Waals surface area contributed by atoms with Gasteiger partial charge in [-0.3, -0.25) is 4.67 Å². The van der Waals surface area contributed by atoms with Gasteiger partial charge in [-0.05, 0) is 49.8 Å². The highest BCUT2D eigenvalue weighted by Crippen LogP contribution is 2.42. The third-order valence-corrected chi connectivity index (χ3v) is 8.07. The third kappa shape index (κ3) is 4.73. The number of aliphatic hydroxyl groups is 1. The number of aryl methyl sites for hydroxylation is 2. The highest BCUT2D eigenvalue weighted by atomic mass is 31.1. The molecule has 3 rings (SSSR count). The van der Waals surface area contributed by atoms with E-state index in [2.05, 4.69) is 81.0 Å². The maximum atomic E-state index is 11.0. The third-order valence-electron chi connectivity index (χ3n) is 5.15. The number of rotatable bonds is 6. The van der Waals surface area contributed by atoms with Gasteiger partial charge in [0.2, 0.25) is 0 Å². The van der Waals surface area contributed by atoms with Crippen molar-refractivity contribution in [2.75, 3.05) is 7.05 Å². The molecule has 0 saturated carbocycles. The fourth-order valence-corrected chi connectivity index (χ4v) is 6.19. The first-order valence-corrected chi connectivity index (χ1v) is 10.7. The van der Waals surface area contributed by atoms with Crippen LogP contribution in [0.5, 0.6) is 0 Å². The number of likely N-dealkylation sites (N-methyl/N-ethyl adjacent to an activating group) is 1. The van der Waals surface area contributed by atoms with Crippen LogP contribution in [0, 0.1) is 13.8 Å². The van der Waals surface area contributed by atoms with E-state index < -0.39 is 14.2 Å². The Labute approximate surface area is 172 Å². The van der Waals surface area contributed by atoms with E-state index in [1.807, 2.05) is 30.3 Å². The molecule has 2 nitrogen and oxygen atoms in total. The van der Waals surface area contributed by atoms with Gasteiger partial charge < -0.3 is 5.11 Å². The molecule has 1 N–H and O–H groups in total. The fraction of sp³-hybridized carbons (Fsp3) is 0.250. The standard InChI is InChI=1S/C24H28NOP.B/c1-18-12-11-13-19(2)24(18)27(22-16-9-6-10-17-22)25(4)20(3)23(26)21-14-7-5-8-15-21;/h5-17,20,23,26H,1-4H3;/t20-,23-,27+;/m1./s1. The van der Waals surface area contributed by atoms with Crippen LogP contribution < -0.4 is 10.6 Å². The summed E-state index contributed by atoms with van der Waals surface area (Å²) in [5, 5.41) is 13.7. The molecule has 3 aromatic carbocycles. The van der Waals surface area contributed by atoms with E-state index in [-0.39, 0.29) is 14.5 Å². The fourth-order valence-electron chi connectivity index (χ4n) is 3.49. The van der Waals surface area contributed by atoms with E-state index in [1.54, 1.807) is 0 Å². The van der Waals surface area contributed by atoms with Crippen LogP contribution in [0.25, 0.3) is 0 Å². The summed E-state index contributed by atoms with van der Waals surface area (Å²) in [6.45, 7) is 6.49. The summed E-state index contributed by atoms with van der Waals surface area (Å²) in [4.78, 5) is 0. The minimum Gasteiger partial charge on any atom is -0.387 e. The molecule has 0 heterocycles. The average molecular weight is 388 g/mol. The van der Waals surface area contributed by atoms with Crippen LogP contribution in [0.1, 0.15) is 29.7 Å². The van der Waals surface area contributed by atoms with Crippen molar-refractivity contribution in [3.63, 3.8) is 0 Å². The monoisotopic (exact) mass is 388 g/mol. The second kappa shape index (κ2) is 10.0. The summed E-state index contributed by atoms with van der Waals surface area (Å²) < 4.78 is 2.36. The Morgan fingerprint density at radius 3 is 1.82 bits per heavy atom. The highest BCUT2D eigenvalue weighted by molar-refractivity contribution is 7.71. The van der Waals surface area contributed by atoms with Crippen molar-refractivity contribution >= 4 is 27.1 Å². The molecule has 0 saturated heterocycles. The van der Waals surface area contributed by atoms with Crippen molar-refractivity contribution in [1.82, 2.24) is 4.67 Å². The SMILES string of the molecule is Cc1cccc(C)c1[P@](c1ccccc1)N(C)[C@H](C)[C@@H](O)c1ccccc1.[B]. The maximum Gasteiger partial charge on any atom is 0.0945 e. The lowest BCUT2D eigenvalue weighted by Crippen LogP contribution is -2.37. The van der Waals surface area contributed by atoms with Gasteiger partial charge in [0.25, 0.3) is 0 Å². The van der Waals surface area contributed by atoms with Gasteiger partial charge in [-0.2, -0.15) is 0 Å². The number of benzene rings is 3. The molecule has 4 heteroatoms. The van der Waals surface area contributed by atoms with Gasteiger partial charge in [0.1, 0.15) is 0 Å². The van der Waals surface area contributed by atoms with Gasteiger partial charge in [0, 0.05) is 27.8 Å². The summed E-state index contributed by atoms with van der Waals surface area (Å²) in [6.07, 6.45) is -0.533. The number of nitrogens with zero attached hydrogens (tertiary/aromatic N) is 1. The molecule has 3 atom stereocenters. The molecule has 0 fully saturated rings. The summed E-state index contributed by atoms with van der Waals surface area (Å²) in [5.74, 6) is 0. The zero-order chi connectivity index (χ0) is 19.4. The van der Waals surface area contributed by atoms with Crippen LogP contribution in [0.15, 0.2) is 78.9 Å². The predicted molar refractivity (Wildman–Crippen MR) is 123 cm³/mol. The van der Waals surface area contributed by atoms with Crippen molar-refractivity contribution in [3.8, 4) is 0 Å². The van der Waals surface area contributed by atoms with E-state index in [1.165, 1.54) is 21.7 Å². The molecule has 0 aliphatic carbocycles. The second-order valence-corrected chi connectivity index (χ2v) is 9.28. The van der Waals surface area contributed by atoms with Gasteiger partial charge in [-0.1, -0.05) is 78.9 Å². The summed E-state index contributed by atoms with van der Waals surface area (Å²) in [7, 11) is 1.40. The number of aliphatic hydroxyl groups excluding tert-OH is 1. The molecule has 0 aromatic heterocycles. The molecule has 143 valence electrons. The summed E-state index contributed by atoms with van der Waals surface area (Å²) >= 11 is 0. The van der Waals surface area contributed by atoms with Gasteiger partial charge in [-0.25, -0.2) is 0 Å². The largest absolute Gasteiger partial charge is 0.387 e. The molecule has 0 aliphatic heterocycles.